The van der Waals surface area contributed by atoms with Crippen molar-refractivity contribution in [3.63, 3.8) is 0 Å². The molecule has 1 fully saturated rings. The number of hydrogen-bond acceptors (Lipinski definition) is 4. The van der Waals surface area contributed by atoms with E-state index in [9.17, 15) is 0 Å². The van der Waals surface area contributed by atoms with E-state index < -0.39 is 0 Å². The molecule has 0 bridgehead atoms. The van der Waals surface area contributed by atoms with Gasteiger partial charge in [-0.1, -0.05) is 6.92 Å². The number of likely N-dealkylation sites (tertiary alicyclic amines) is 1. The number of amidine groups is 1. The molecule has 1 aliphatic rings. The summed E-state index contributed by atoms with van der Waals surface area (Å²) in [6.45, 7) is 9.06. The molecule has 0 aromatic carbocycles. The van der Waals surface area contributed by atoms with E-state index in [1.54, 1.807) is 6.33 Å². The summed E-state index contributed by atoms with van der Waals surface area (Å²) in [7, 11) is 0. The van der Waals surface area contributed by atoms with Crippen molar-refractivity contribution in [1.29, 1.82) is 5.41 Å². The van der Waals surface area contributed by atoms with Crippen molar-refractivity contribution < 1.29 is 0 Å². The van der Waals surface area contributed by atoms with Gasteiger partial charge in [-0.3, -0.25) is 10.3 Å². The van der Waals surface area contributed by atoms with Gasteiger partial charge in [-0.15, -0.1) is 0 Å². The molecule has 3 N–H and O–H groups in total. The Morgan fingerprint density at radius 2 is 2.11 bits per heavy atom. The third-order valence-electron chi connectivity index (χ3n) is 4.11. The lowest BCUT2D eigenvalue weighted by molar-refractivity contribution is 0.150. The lowest BCUT2D eigenvalue weighted by Crippen LogP contribution is -2.45. The largest absolute Gasteiger partial charge is 0.387 e. The lowest BCUT2D eigenvalue weighted by atomic mass is 9.79. The fourth-order valence-electron chi connectivity index (χ4n) is 2.49. The number of rotatable bonds is 4. The third-order valence-corrected chi connectivity index (χ3v) is 4.11. The first-order valence-electron chi connectivity index (χ1n) is 6.87. The van der Waals surface area contributed by atoms with Gasteiger partial charge in [-0.05, 0) is 39.8 Å². The van der Waals surface area contributed by atoms with Gasteiger partial charge in [0, 0.05) is 11.5 Å². The van der Waals surface area contributed by atoms with Crippen molar-refractivity contribution in [2.75, 3.05) is 13.1 Å². The normalized spacial score (nSPS) is 19.8. The van der Waals surface area contributed by atoms with Crippen LogP contribution in [-0.4, -0.2) is 38.6 Å². The predicted octanol–water partition coefficient (Wildman–Crippen LogP) is 1.40. The van der Waals surface area contributed by atoms with Crippen LogP contribution in [-0.2, 0) is 6.54 Å². The van der Waals surface area contributed by atoms with E-state index in [2.05, 4.69) is 35.8 Å². The SMILES string of the molecule is CC(C)n1ncnc1CN1CCC(C)(C(=N)N)CC1. The fraction of sp³-hybridized carbons (Fsp3) is 0.769. The average molecular weight is 264 g/mol. The van der Waals surface area contributed by atoms with Gasteiger partial charge < -0.3 is 5.73 Å². The van der Waals surface area contributed by atoms with E-state index in [4.69, 9.17) is 11.1 Å². The standard InChI is InChI=1S/C13H24N6/c1-10(2)19-11(16-9-17-19)8-18-6-4-13(3,5-7-18)12(14)15/h9-10H,4-8H2,1-3H3,(H3,14,15). The van der Waals surface area contributed by atoms with E-state index in [1.165, 1.54) is 0 Å². The summed E-state index contributed by atoms with van der Waals surface area (Å²) in [4.78, 5) is 6.71. The Hall–Kier alpha value is -1.43. The topological polar surface area (TPSA) is 83.8 Å². The molecule has 2 rings (SSSR count). The van der Waals surface area contributed by atoms with Gasteiger partial charge in [0.1, 0.15) is 12.2 Å². The first-order chi connectivity index (χ1) is 8.92. The zero-order valence-corrected chi connectivity index (χ0v) is 12.1. The molecule has 0 saturated carbocycles. The van der Waals surface area contributed by atoms with Crippen LogP contribution in [0.2, 0.25) is 0 Å². The molecule has 1 saturated heterocycles. The predicted molar refractivity (Wildman–Crippen MR) is 74.9 cm³/mol. The summed E-state index contributed by atoms with van der Waals surface area (Å²) in [6.07, 6.45) is 3.51. The molecule has 19 heavy (non-hydrogen) atoms. The van der Waals surface area contributed by atoms with Crippen LogP contribution in [0.1, 0.15) is 45.5 Å². The number of hydrogen-bond donors (Lipinski definition) is 2. The van der Waals surface area contributed by atoms with Crippen molar-refractivity contribution in [3.8, 4) is 0 Å². The number of nitrogens with zero attached hydrogens (tertiary/aromatic N) is 4. The molecule has 0 unspecified atom stereocenters. The van der Waals surface area contributed by atoms with E-state index in [0.29, 0.717) is 11.9 Å². The van der Waals surface area contributed by atoms with E-state index in [-0.39, 0.29) is 5.41 Å². The van der Waals surface area contributed by atoms with Crippen LogP contribution in [0.3, 0.4) is 0 Å². The van der Waals surface area contributed by atoms with Gasteiger partial charge in [0.15, 0.2) is 0 Å². The van der Waals surface area contributed by atoms with Crippen molar-refractivity contribution in [3.05, 3.63) is 12.2 Å². The van der Waals surface area contributed by atoms with Crippen LogP contribution in [0.4, 0.5) is 0 Å². The minimum absolute atomic E-state index is 0.123. The highest BCUT2D eigenvalue weighted by Crippen LogP contribution is 2.31. The minimum atomic E-state index is -0.123. The summed E-state index contributed by atoms with van der Waals surface area (Å²) in [5, 5.41) is 11.9. The quantitative estimate of drug-likeness (QED) is 0.636. The maximum atomic E-state index is 7.67. The zero-order valence-electron chi connectivity index (χ0n) is 12.1. The Labute approximate surface area is 114 Å². The summed E-state index contributed by atoms with van der Waals surface area (Å²) in [5.74, 6) is 1.33. The summed E-state index contributed by atoms with van der Waals surface area (Å²) >= 11 is 0. The Kier molecular flexibility index (Phi) is 3.89. The second-order valence-corrected chi connectivity index (χ2v) is 5.97. The summed E-state index contributed by atoms with van der Waals surface area (Å²) < 4.78 is 1.97. The maximum absolute atomic E-state index is 7.67. The molecule has 1 aromatic heterocycles. The van der Waals surface area contributed by atoms with Gasteiger partial charge in [0.2, 0.25) is 0 Å². The van der Waals surface area contributed by atoms with Crippen LogP contribution in [0.25, 0.3) is 0 Å². The van der Waals surface area contributed by atoms with E-state index in [1.807, 2.05) is 4.68 Å². The van der Waals surface area contributed by atoms with Crippen molar-refractivity contribution >= 4 is 5.84 Å². The molecule has 0 amide bonds. The molecular formula is C13H24N6. The van der Waals surface area contributed by atoms with Crippen LogP contribution in [0.5, 0.6) is 0 Å². The molecule has 0 radical (unpaired) electrons. The fourth-order valence-corrected chi connectivity index (χ4v) is 2.49. The van der Waals surface area contributed by atoms with Gasteiger partial charge in [0.05, 0.1) is 12.4 Å². The molecular weight excluding hydrogens is 240 g/mol. The summed E-state index contributed by atoms with van der Waals surface area (Å²) in [6, 6.07) is 0.338. The molecule has 1 aromatic rings. The van der Waals surface area contributed by atoms with Gasteiger partial charge in [-0.2, -0.15) is 5.10 Å². The molecule has 0 spiro atoms. The van der Waals surface area contributed by atoms with Crippen LogP contribution < -0.4 is 5.73 Å². The Balaban J connectivity index is 1.96. The Morgan fingerprint density at radius 3 is 2.63 bits per heavy atom. The molecule has 0 aliphatic carbocycles. The molecule has 6 heteroatoms. The molecule has 6 nitrogen and oxygen atoms in total. The van der Waals surface area contributed by atoms with Crippen LogP contribution in [0, 0.1) is 10.8 Å². The van der Waals surface area contributed by atoms with Crippen LogP contribution >= 0.6 is 0 Å². The highest BCUT2D eigenvalue weighted by atomic mass is 15.4. The monoisotopic (exact) mass is 264 g/mol. The molecule has 2 heterocycles. The first kappa shape index (κ1) is 14.0. The minimum Gasteiger partial charge on any atom is -0.387 e. The smallest absolute Gasteiger partial charge is 0.141 e. The second-order valence-electron chi connectivity index (χ2n) is 5.97. The number of nitrogens with two attached hydrogens (primary N) is 1. The van der Waals surface area contributed by atoms with E-state index in [0.717, 1.165) is 38.3 Å². The second kappa shape index (κ2) is 5.28. The molecule has 106 valence electrons. The highest BCUT2D eigenvalue weighted by Gasteiger charge is 2.33. The molecule has 1 aliphatic heterocycles. The van der Waals surface area contributed by atoms with Gasteiger partial charge >= 0.3 is 0 Å². The van der Waals surface area contributed by atoms with Gasteiger partial charge in [-0.25, -0.2) is 9.67 Å². The first-order valence-corrected chi connectivity index (χ1v) is 6.87. The highest BCUT2D eigenvalue weighted by molar-refractivity contribution is 5.83. The van der Waals surface area contributed by atoms with Crippen molar-refractivity contribution in [2.45, 2.75) is 46.2 Å². The number of piperidine rings is 1. The van der Waals surface area contributed by atoms with Crippen molar-refractivity contribution in [1.82, 2.24) is 19.7 Å². The summed E-state index contributed by atoms with van der Waals surface area (Å²) in [5.41, 5.74) is 5.56. The van der Waals surface area contributed by atoms with Crippen molar-refractivity contribution in [2.24, 2.45) is 11.1 Å². The average Bonchev–Trinajstić information content (AvgIpc) is 2.80. The van der Waals surface area contributed by atoms with E-state index >= 15 is 0 Å². The van der Waals surface area contributed by atoms with Crippen LogP contribution in [0.15, 0.2) is 6.33 Å². The Morgan fingerprint density at radius 1 is 1.47 bits per heavy atom. The number of nitrogens with one attached hydrogen (secondary N) is 1. The maximum Gasteiger partial charge on any atom is 0.141 e. The lowest BCUT2D eigenvalue weighted by Gasteiger charge is -2.38. The zero-order chi connectivity index (χ0) is 14.0. The van der Waals surface area contributed by atoms with Gasteiger partial charge in [0.25, 0.3) is 0 Å². The number of aromatic nitrogens is 3. The molecule has 0 atom stereocenters. The Bertz CT molecular complexity index is 442. The third kappa shape index (κ3) is 2.94.